The molecule has 1 N–H and O–H groups in total. The predicted octanol–water partition coefficient (Wildman–Crippen LogP) is 4.14. The zero-order valence-electron chi connectivity index (χ0n) is 12.2. The highest BCUT2D eigenvalue weighted by Gasteiger charge is 2.54. The van der Waals surface area contributed by atoms with E-state index < -0.39 is 11.0 Å². The molecule has 0 aromatic heterocycles. The van der Waals surface area contributed by atoms with Gasteiger partial charge in [0.1, 0.15) is 11.4 Å². The molecule has 1 saturated carbocycles. The van der Waals surface area contributed by atoms with Crippen molar-refractivity contribution in [2.45, 2.75) is 51.6 Å². The summed E-state index contributed by atoms with van der Waals surface area (Å²) in [5, 5.41) is 20.9. The zero-order chi connectivity index (χ0) is 14.8. The molecule has 3 unspecified atom stereocenters. The summed E-state index contributed by atoms with van der Waals surface area (Å²) in [6.07, 6.45) is 3.78. The Morgan fingerprint density at radius 1 is 1.50 bits per heavy atom. The molecule has 0 radical (unpaired) electrons. The summed E-state index contributed by atoms with van der Waals surface area (Å²) < 4.78 is 13.5. The summed E-state index contributed by atoms with van der Waals surface area (Å²) >= 11 is 0. The third-order valence-corrected chi connectivity index (χ3v) is 5.01. The Morgan fingerprint density at radius 3 is 2.75 bits per heavy atom. The lowest BCUT2D eigenvalue weighted by Gasteiger charge is -2.40. The Morgan fingerprint density at radius 2 is 2.25 bits per heavy atom. The summed E-state index contributed by atoms with van der Waals surface area (Å²) in [6.45, 7) is 3.98. The molecule has 0 saturated heterocycles. The lowest BCUT2D eigenvalue weighted by Crippen LogP contribution is -2.43. The maximum atomic E-state index is 13.5. The normalized spacial score (nSPS) is 28.9. The number of nitriles is 1. The summed E-state index contributed by atoms with van der Waals surface area (Å²) in [5.74, 6) is 0.105. The van der Waals surface area contributed by atoms with Gasteiger partial charge in [-0.2, -0.15) is 5.26 Å². The minimum atomic E-state index is -1.27. The fourth-order valence-electron chi connectivity index (χ4n) is 3.63. The van der Waals surface area contributed by atoms with Gasteiger partial charge in [-0.1, -0.05) is 32.4 Å². The van der Waals surface area contributed by atoms with E-state index in [4.69, 9.17) is 0 Å². The highest BCUT2D eigenvalue weighted by molar-refractivity contribution is 5.30. The number of nitrogens with zero attached hydrogens (tertiary/aromatic N) is 1. The first-order valence-corrected chi connectivity index (χ1v) is 7.41. The number of hydrogen-bond acceptors (Lipinski definition) is 2. The van der Waals surface area contributed by atoms with E-state index in [-0.39, 0.29) is 5.82 Å². The molecule has 20 heavy (non-hydrogen) atoms. The Balaban J connectivity index is 2.47. The Kier molecular flexibility index (Phi) is 4.15. The van der Waals surface area contributed by atoms with E-state index in [1.165, 1.54) is 12.1 Å². The monoisotopic (exact) mass is 275 g/mol. The van der Waals surface area contributed by atoms with E-state index in [0.29, 0.717) is 30.7 Å². The molecule has 0 spiro atoms. The van der Waals surface area contributed by atoms with Gasteiger partial charge in [0.2, 0.25) is 0 Å². The van der Waals surface area contributed by atoms with Crippen molar-refractivity contribution >= 4 is 0 Å². The quantitative estimate of drug-likeness (QED) is 0.897. The lowest BCUT2D eigenvalue weighted by atomic mass is 9.66. The van der Waals surface area contributed by atoms with Crippen molar-refractivity contribution in [1.29, 1.82) is 5.26 Å². The molecule has 1 fully saturated rings. The van der Waals surface area contributed by atoms with Crippen LogP contribution in [-0.4, -0.2) is 5.11 Å². The Labute approximate surface area is 120 Å². The van der Waals surface area contributed by atoms with Gasteiger partial charge in [-0.15, -0.1) is 0 Å². The van der Waals surface area contributed by atoms with Crippen LogP contribution in [0.3, 0.4) is 0 Å². The van der Waals surface area contributed by atoms with E-state index in [0.717, 1.165) is 12.8 Å². The zero-order valence-corrected chi connectivity index (χ0v) is 12.2. The molecule has 2 nitrogen and oxygen atoms in total. The third-order valence-electron chi connectivity index (χ3n) is 5.01. The van der Waals surface area contributed by atoms with Gasteiger partial charge in [-0.25, -0.2) is 4.39 Å². The minimum absolute atomic E-state index is 0.368. The summed E-state index contributed by atoms with van der Waals surface area (Å²) in [6, 6.07) is 8.43. The van der Waals surface area contributed by atoms with Crippen LogP contribution in [0.15, 0.2) is 24.3 Å². The topological polar surface area (TPSA) is 44.0 Å². The maximum absolute atomic E-state index is 13.5. The summed E-state index contributed by atoms with van der Waals surface area (Å²) in [4.78, 5) is 0. The standard InChI is InChI=1S/C17H22FNO/c1-3-13-8-9-16(11-13,12-19)17(20,4-2)14-6-5-7-15(18)10-14/h5-7,10,13,20H,3-4,8-9,11H2,1-2H3. The molecule has 0 heterocycles. The smallest absolute Gasteiger partial charge is 0.123 e. The fourth-order valence-corrected chi connectivity index (χ4v) is 3.63. The largest absolute Gasteiger partial charge is 0.383 e. The van der Waals surface area contributed by atoms with Gasteiger partial charge in [0.05, 0.1) is 11.5 Å². The molecule has 1 aromatic carbocycles. The first-order valence-electron chi connectivity index (χ1n) is 7.41. The molecule has 108 valence electrons. The molecule has 1 aliphatic rings. The lowest BCUT2D eigenvalue weighted by molar-refractivity contribution is -0.0647. The van der Waals surface area contributed by atoms with Crippen LogP contribution in [0.5, 0.6) is 0 Å². The van der Waals surface area contributed by atoms with E-state index in [2.05, 4.69) is 13.0 Å². The molecule has 0 aliphatic heterocycles. The fraction of sp³-hybridized carbons (Fsp3) is 0.588. The van der Waals surface area contributed by atoms with Crippen LogP contribution in [-0.2, 0) is 5.60 Å². The molecular weight excluding hydrogens is 253 g/mol. The molecule has 1 aliphatic carbocycles. The SMILES string of the molecule is CCC1CCC(C#N)(C(O)(CC)c2cccc(F)c2)C1. The van der Waals surface area contributed by atoms with Gasteiger partial charge < -0.3 is 5.11 Å². The van der Waals surface area contributed by atoms with Crippen LogP contribution in [0.25, 0.3) is 0 Å². The van der Waals surface area contributed by atoms with E-state index >= 15 is 0 Å². The van der Waals surface area contributed by atoms with Crippen LogP contribution in [0, 0.1) is 28.5 Å². The van der Waals surface area contributed by atoms with Crippen molar-refractivity contribution in [3.05, 3.63) is 35.6 Å². The number of hydrogen-bond donors (Lipinski definition) is 1. The highest BCUT2D eigenvalue weighted by Crippen LogP contribution is 2.55. The number of rotatable bonds is 4. The van der Waals surface area contributed by atoms with Gasteiger partial charge in [0, 0.05) is 0 Å². The van der Waals surface area contributed by atoms with Crippen LogP contribution >= 0.6 is 0 Å². The van der Waals surface area contributed by atoms with Crippen molar-refractivity contribution in [1.82, 2.24) is 0 Å². The Hall–Kier alpha value is -1.40. The van der Waals surface area contributed by atoms with Crippen molar-refractivity contribution in [2.24, 2.45) is 11.3 Å². The predicted molar refractivity (Wildman–Crippen MR) is 76.3 cm³/mol. The first-order chi connectivity index (χ1) is 9.51. The van der Waals surface area contributed by atoms with Gasteiger partial charge in [-0.05, 0) is 49.3 Å². The molecule has 1 aromatic rings. The van der Waals surface area contributed by atoms with Crippen LogP contribution in [0.4, 0.5) is 4.39 Å². The van der Waals surface area contributed by atoms with Crippen LogP contribution in [0.2, 0.25) is 0 Å². The molecule has 3 atom stereocenters. The number of benzene rings is 1. The second-order valence-electron chi connectivity index (χ2n) is 5.94. The van der Waals surface area contributed by atoms with Crippen molar-refractivity contribution < 1.29 is 9.50 Å². The van der Waals surface area contributed by atoms with Crippen LogP contribution < -0.4 is 0 Å². The van der Waals surface area contributed by atoms with Gasteiger partial charge >= 0.3 is 0 Å². The molecule has 0 amide bonds. The van der Waals surface area contributed by atoms with Crippen molar-refractivity contribution in [2.75, 3.05) is 0 Å². The second kappa shape index (κ2) is 5.54. The molecular formula is C17H22FNO. The molecule has 2 rings (SSSR count). The Bertz CT molecular complexity index is 524. The van der Waals surface area contributed by atoms with E-state index in [9.17, 15) is 14.8 Å². The maximum Gasteiger partial charge on any atom is 0.123 e. The van der Waals surface area contributed by atoms with E-state index in [1.807, 2.05) is 6.92 Å². The summed E-state index contributed by atoms with van der Waals surface area (Å²) in [7, 11) is 0. The van der Waals surface area contributed by atoms with Crippen LogP contribution in [0.1, 0.15) is 51.5 Å². The number of halogens is 1. The highest BCUT2D eigenvalue weighted by atomic mass is 19.1. The van der Waals surface area contributed by atoms with Gasteiger partial charge in [-0.3, -0.25) is 0 Å². The minimum Gasteiger partial charge on any atom is -0.383 e. The second-order valence-corrected chi connectivity index (χ2v) is 5.94. The van der Waals surface area contributed by atoms with Gasteiger partial charge in [0.15, 0.2) is 0 Å². The van der Waals surface area contributed by atoms with Crippen molar-refractivity contribution in [3.8, 4) is 6.07 Å². The van der Waals surface area contributed by atoms with E-state index in [1.54, 1.807) is 12.1 Å². The van der Waals surface area contributed by atoms with Crippen molar-refractivity contribution in [3.63, 3.8) is 0 Å². The molecule has 0 bridgehead atoms. The summed E-state index contributed by atoms with van der Waals surface area (Å²) in [5.41, 5.74) is -1.54. The molecule has 3 heteroatoms. The van der Waals surface area contributed by atoms with Gasteiger partial charge in [0.25, 0.3) is 0 Å². The average Bonchev–Trinajstić information content (AvgIpc) is 2.91. The first kappa shape index (κ1) is 15.0. The number of aliphatic hydroxyl groups is 1. The third kappa shape index (κ3) is 2.23. The average molecular weight is 275 g/mol.